The molecule has 0 unspecified atom stereocenters. The van der Waals surface area contributed by atoms with Crippen molar-refractivity contribution >= 4 is 34.8 Å². The number of hydrogen-bond donors (Lipinski definition) is 3. The van der Waals surface area contributed by atoms with Crippen LogP contribution in [0.2, 0.25) is 0 Å². The minimum absolute atomic E-state index is 0. The maximum absolute atomic E-state index is 11.3. The van der Waals surface area contributed by atoms with E-state index in [4.69, 9.17) is 15.6 Å². The van der Waals surface area contributed by atoms with Crippen LogP contribution in [0.5, 0.6) is 5.75 Å². The fraction of sp³-hybridized carbons (Fsp3) is 0.429. The third-order valence-electron chi connectivity index (χ3n) is 5.86. The van der Waals surface area contributed by atoms with E-state index in [1.54, 1.807) is 31.4 Å². The van der Waals surface area contributed by atoms with Crippen molar-refractivity contribution < 1.29 is 13.2 Å². The molecule has 0 atom stereocenters. The molecule has 168 valence electrons. The number of halogens is 2. The third-order valence-corrected chi connectivity index (χ3v) is 6.79. The number of benzene rings is 2. The van der Waals surface area contributed by atoms with Gasteiger partial charge in [0, 0.05) is 24.5 Å². The summed E-state index contributed by atoms with van der Waals surface area (Å²) < 4.78 is 28.1. The van der Waals surface area contributed by atoms with Gasteiger partial charge < -0.3 is 15.8 Å². The molecular formula is C21H31Cl2N3O3S. The van der Waals surface area contributed by atoms with Crippen LogP contribution in [-0.4, -0.2) is 28.1 Å². The Kier molecular flexibility index (Phi) is 10.1. The van der Waals surface area contributed by atoms with E-state index in [2.05, 4.69) is 17.4 Å². The van der Waals surface area contributed by atoms with Crippen LogP contribution in [0.25, 0.3) is 0 Å². The lowest BCUT2D eigenvalue weighted by Crippen LogP contribution is -2.43. The molecule has 1 saturated carbocycles. The van der Waals surface area contributed by atoms with Crippen molar-refractivity contribution in [2.45, 2.75) is 48.6 Å². The predicted octanol–water partition coefficient (Wildman–Crippen LogP) is 3.12. The van der Waals surface area contributed by atoms with E-state index in [0.717, 1.165) is 37.0 Å². The molecule has 0 bridgehead atoms. The van der Waals surface area contributed by atoms with Crippen molar-refractivity contribution in [1.82, 2.24) is 5.32 Å². The van der Waals surface area contributed by atoms with E-state index in [-0.39, 0.29) is 35.1 Å². The number of nitrogens with one attached hydrogen (secondary N) is 1. The van der Waals surface area contributed by atoms with Crippen molar-refractivity contribution in [3.8, 4) is 5.75 Å². The molecule has 2 aromatic carbocycles. The summed E-state index contributed by atoms with van der Waals surface area (Å²) in [4.78, 5) is 0.139. The Hall–Kier alpha value is -1.35. The zero-order chi connectivity index (χ0) is 20.2. The summed E-state index contributed by atoms with van der Waals surface area (Å²) in [6, 6.07) is 15.4. The lowest BCUT2D eigenvalue weighted by atomic mass is 9.68. The molecule has 3 rings (SSSR count). The van der Waals surface area contributed by atoms with Crippen molar-refractivity contribution in [2.75, 3.05) is 13.7 Å². The minimum atomic E-state index is -3.64. The number of hydrogen-bond acceptors (Lipinski definition) is 5. The standard InChI is InChI=1S/C21H29N3O3S.2ClH/c1-27-19-4-2-3-17(13-19)21(15-22)11-9-18(10-12-21)24-14-16-5-7-20(8-6-16)28(23,25)26;;/h2-8,13,18,24H,9-12,14-15,22H2,1H3,(H2,23,25,26);2*1H/t18-,21-;;. The first kappa shape index (κ1) is 26.7. The molecule has 1 aliphatic rings. The van der Waals surface area contributed by atoms with Gasteiger partial charge in [0.15, 0.2) is 0 Å². The topological polar surface area (TPSA) is 107 Å². The highest BCUT2D eigenvalue weighted by Gasteiger charge is 2.35. The van der Waals surface area contributed by atoms with Gasteiger partial charge in [0.05, 0.1) is 12.0 Å². The molecule has 1 aliphatic carbocycles. The molecule has 0 aromatic heterocycles. The number of nitrogens with two attached hydrogens (primary N) is 2. The third kappa shape index (κ3) is 6.33. The SMILES string of the molecule is COc1cccc([C@]2(CN)CC[C@@H](NCc3ccc(S(N)(=O)=O)cc3)CC2)c1.Cl.Cl. The lowest BCUT2D eigenvalue weighted by molar-refractivity contribution is 0.250. The molecule has 0 saturated heterocycles. The van der Waals surface area contributed by atoms with Crippen LogP contribution in [0, 0.1) is 0 Å². The van der Waals surface area contributed by atoms with Crippen LogP contribution < -0.4 is 20.9 Å². The van der Waals surface area contributed by atoms with Crippen LogP contribution in [0.1, 0.15) is 36.8 Å². The monoisotopic (exact) mass is 475 g/mol. The number of rotatable bonds is 7. The second-order valence-electron chi connectivity index (χ2n) is 7.56. The maximum Gasteiger partial charge on any atom is 0.238 e. The van der Waals surface area contributed by atoms with Crippen molar-refractivity contribution in [2.24, 2.45) is 10.9 Å². The number of ether oxygens (including phenoxy) is 1. The molecule has 6 nitrogen and oxygen atoms in total. The first-order valence-corrected chi connectivity index (χ1v) is 11.1. The average molecular weight is 476 g/mol. The molecule has 9 heteroatoms. The molecular weight excluding hydrogens is 445 g/mol. The van der Waals surface area contributed by atoms with E-state index >= 15 is 0 Å². The van der Waals surface area contributed by atoms with E-state index in [1.165, 1.54) is 5.56 Å². The Morgan fingerprint density at radius 3 is 2.27 bits per heavy atom. The Labute approximate surface area is 191 Å². The smallest absolute Gasteiger partial charge is 0.238 e. The molecule has 1 fully saturated rings. The van der Waals surface area contributed by atoms with Gasteiger partial charge in [-0.15, -0.1) is 24.8 Å². The summed E-state index contributed by atoms with van der Waals surface area (Å²) in [6.07, 6.45) is 4.14. The van der Waals surface area contributed by atoms with Crippen molar-refractivity contribution in [3.63, 3.8) is 0 Å². The Balaban J connectivity index is 0.00000225. The van der Waals surface area contributed by atoms with Gasteiger partial charge in [-0.1, -0.05) is 24.3 Å². The summed E-state index contributed by atoms with van der Waals surface area (Å²) in [5.74, 6) is 0.869. The van der Waals surface area contributed by atoms with Crippen LogP contribution in [-0.2, 0) is 22.0 Å². The maximum atomic E-state index is 11.3. The molecule has 5 N–H and O–H groups in total. The van der Waals surface area contributed by atoms with Crippen LogP contribution in [0.3, 0.4) is 0 Å². The van der Waals surface area contributed by atoms with E-state index in [9.17, 15) is 8.42 Å². The zero-order valence-electron chi connectivity index (χ0n) is 17.0. The van der Waals surface area contributed by atoms with Gasteiger partial charge in [-0.25, -0.2) is 13.6 Å². The van der Waals surface area contributed by atoms with Gasteiger partial charge in [-0.3, -0.25) is 0 Å². The largest absolute Gasteiger partial charge is 0.497 e. The molecule has 2 aromatic rings. The highest BCUT2D eigenvalue weighted by Crippen LogP contribution is 2.39. The molecule has 30 heavy (non-hydrogen) atoms. The van der Waals surface area contributed by atoms with E-state index in [1.807, 2.05) is 12.1 Å². The van der Waals surface area contributed by atoms with Crippen molar-refractivity contribution in [3.05, 3.63) is 59.7 Å². The van der Waals surface area contributed by atoms with Gasteiger partial charge >= 0.3 is 0 Å². The van der Waals surface area contributed by atoms with Crippen LogP contribution in [0.4, 0.5) is 0 Å². The number of methoxy groups -OCH3 is 1. The van der Waals surface area contributed by atoms with E-state index < -0.39 is 10.0 Å². The minimum Gasteiger partial charge on any atom is -0.497 e. The number of primary sulfonamides is 1. The fourth-order valence-corrected chi connectivity index (χ4v) is 4.51. The van der Waals surface area contributed by atoms with Crippen molar-refractivity contribution in [1.29, 1.82) is 0 Å². The molecule has 0 heterocycles. The second kappa shape index (κ2) is 11.3. The first-order chi connectivity index (χ1) is 13.4. The fourth-order valence-electron chi connectivity index (χ4n) is 4.00. The molecule has 0 amide bonds. The summed E-state index contributed by atoms with van der Waals surface area (Å²) in [5.41, 5.74) is 8.50. The Bertz CT molecular complexity index is 900. The van der Waals surface area contributed by atoms with Gasteiger partial charge in [0.25, 0.3) is 0 Å². The Morgan fingerprint density at radius 2 is 1.73 bits per heavy atom. The van der Waals surface area contributed by atoms with Gasteiger partial charge in [0.1, 0.15) is 5.75 Å². The predicted molar refractivity (Wildman–Crippen MR) is 125 cm³/mol. The van der Waals surface area contributed by atoms with Crippen LogP contribution in [0.15, 0.2) is 53.4 Å². The molecule has 0 spiro atoms. The summed E-state index contributed by atoms with van der Waals surface area (Å²) >= 11 is 0. The summed E-state index contributed by atoms with van der Waals surface area (Å²) in [6.45, 7) is 1.33. The molecule has 0 aliphatic heterocycles. The quantitative estimate of drug-likeness (QED) is 0.569. The normalized spacial score (nSPS) is 21.2. The van der Waals surface area contributed by atoms with E-state index in [0.29, 0.717) is 19.1 Å². The highest BCUT2D eigenvalue weighted by molar-refractivity contribution is 7.89. The Morgan fingerprint density at radius 1 is 1.10 bits per heavy atom. The van der Waals surface area contributed by atoms with Gasteiger partial charge in [-0.2, -0.15) is 0 Å². The van der Waals surface area contributed by atoms with Gasteiger partial charge in [0.2, 0.25) is 10.0 Å². The average Bonchev–Trinajstić information content (AvgIpc) is 2.72. The summed E-state index contributed by atoms with van der Waals surface area (Å²) in [5, 5.41) is 8.73. The highest BCUT2D eigenvalue weighted by atomic mass is 35.5. The summed E-state index contributed by atoms with van der Waals surface area (Å²) in [7, 11) is -1.96. The zero-order valence-corrected chi connectivity index (χ0v) is 19.5. The number of sulfonamides is 1. The van der Waals surface area contributed by atoms with Gasteiger partial charge in [-0.05, 0) is 61.1 Å². The van der Waals surface area contributed by atoms with Crippen LogP contribution >= 0.6 is 24.8 Å². The first-order valence-electron chi connectivity index (χ1n) is 9.56. The molecule has 0 radical (unpaired) electrons. The lowest BCUT2D eigenvalue weighted by Gasteiger charge is -2.40. The second-order valence-corrected chi connectivity index (χ2v) is 9.12.